The SMILES string of the molecule is Cc1cc(C(=O)NCC2CCCN2)c(C)o1. The van der Waals surface area contributed by atoms with Crippen LogP contribution in [0.25, 0.3) is 0 Å². The van der Waals surface area contributed by atoms with Gasteiger partial charge >= 0.3 is 0 Å². The zero-order chi connectivity index (χ0) is 11.5. The molecule has 88 valence electrons. The summed E-state index contributed by atoms with van der Waals surface area (Å²) in [5, 5.41) is 6.28. The topological polar surface area (TPSA) is 54.3 Å². The molecular weight excluding hydrogens is 204 g/mol. The van der Waals surface area contributed by atoms with E-state index in [0.29, 0.717) is 23.9 Å². The molecule has 0 bridgehead atoms. The molecule has 1 aromatic rings. The standard InChI is InChI=1S/C12H18N2O2/c1-8-6-11(9(2)16-8)12(15)14-7-10-4-3-5-13-10/h6,10,13H,3-5,7H2,1-2H3,(H,14,15). The fourth-order valence-electron chi connectivity index (χ4n) is 2.10. The molecule has 1 aliphatic heterocycles. The highest BCUT2D eigenvalue weighted by molar-refractivity contribution is 5.95. The van der Waals surface area contributed by atoms with E-state index in [9.17, 15) is 4.79 Å². The van der Waals surface area contributed by atoms with Gasteiger partial charge in [0.15, 0.2) is 0 Å². The molecule has 1 aromatic heterocycles. The third kappa shape index (κ3) is 2.44. The Morgan fingerprint density at radius 3 is 3.00 bits per heavy atom. The lowest BCUT2D eigenvalue weighted by molar-refractivity contribution is 0.0949. The molecule has 1 fully saturated rings. The number of rotatable bonds is 3. The minimum absolute atomic E-state index is 0.0388. The zero-order valence-electron chi connectivity index (χ0n) is 9.80. The summed E-state index contributed by atoms with van der Waals surface area (Å²) < 4.78 is 5.33. The van der Waals surface area contributed by atoms with Gasteiger partial charge < -0.3 is 15.1 Å². The average Bonchev–Trinajstić information content (AvgIpc) is 2.84. The fourth-order valence-corrected chi connectivity index (χ4v) is 2.10. The molecule has 0 spiro atoms. The Hall–Kier alpha value is -1.29. The van der Waals surface area contributed by atoms with Crippen LogP contribution < -0.4 is 10.6 Å². The highest BCUT2D eigenvalue weighted by Gasteiger charge is 2.17. The highest BCUT2D eigenvalue weighted by atomic mass is 16.3. The molecule has 0 radical (unpaired) electrons. The number of furan rings is 1. The van der Waals surface area contributed by atoms with Crippen LogP contribution in [0.5, 0.6) is 0 Å². The van der Waals surface area contributed by atoms with Gasteiger partial charge in [-0.05, 0) is 39.3 Å². The Morgan fingerprint density at radius 1 is 1.62 bits per heavy atom. The number of carbonyl (C=O) groups is 1. The summed E-state index contributed by atoms with van der Waals surface area (Å²) in [4.78, 5) is 11.8. The second-order valence-corrected chi connectivity index (χ2v) is 4.33. The first-order chi connectivity index (χ1) is 7.66. The van der Waals surface area contributed by atoms with Gasteiger partial charge in [-0.1, -0.05) is 0 Å². The Kier molecular flexibility index (Phi) is 3.29. The van der Waals surface area contributed by atoms with E-state index in [2.05, 4.69) is 10.6 Å². The number of nitrogens with one attached hydrogen (secondary N) is 2. The lowest BCUT2D eigenvalue weighted by Crippen LogP contribution is -2.37. The van der Waals surface area contributed by atoms with Crippen molar-refractivity contribution in [3.8, 4) is 0 Å². The van der Waals surface area contributed by atoms with Gasteiger partial charge in [-0.3, -0.25) is 4.79 Å². The lowest BCUT2D eigenvalue weighted by Gasteiger charge is -2.10. The van der Waals surface area contributed by atoms with Crippen LogP contribution in [0.15, 0.2) is 10.5 Å². The first kappa shape index (κ1) is 11.2. The summed E-state index contributed by atoms with van der Waals surface area (Å²) >= 11 is 0. The van der Waals surface area contributed by atoms with Gasteiger partial charge in [0.25, 0.3) is 5.91 Å². The Labute approximate surface area is 95.4 Å². The van der Waals surface area contributed by atoms with Crippen molar-refractivity contribution in [1.29, 1.82) is 0 Å². The van der Waals surface area contributed by atoms with E-state index in [1.165, 1.54) is 6.42 Å². The van der Waals surface area contributed by atoms with Crippen molar-refractivity contribution < 1.29 is 9.21 Å². The summed E-state index contributed by atoms with van der Waals surface area (Å²) in [6, 6.07) is 2.21. The summed E-state index contributed by atoms with van der Waals surface area (Å²) in [7, 11) is 0. The van der Waals surface area contributed by atoms with Crippen molar-refractivity contribution in [1.82, 2.24) is 10.6 Å². The molecule has 2 heterocycles. The highest BCUT2D eigenvalue weighted by Crippen LogP contribution is 2.13. The summed E-state index contributed by atoms with van der Waals surface area (Å²) in [5.74, 6) is 1.43. The van der Waals surface area contributed by atoms with Gasteiger partial charge in [0, 0.05) is 12.6 Å². The van der Waals surface area contributed by atoms with Crippen molar-refractivity contribution in [2.45, 2.75) is 32.7 Å². The molecule has 1 atom stereocenters. The second kappa shape index (κ2) is 4.70. The Bertz CT molecular complexity index is 378. The number of carbonyl (C=O) groups excluding carboxylic acids is 1. The van der Waals surface area contributed by atoms with E-state index >= 15 is 0 Å². The molecule has 2 rings (SSSR count). The third-order valence-electron chi connectivity index (χ3n) is 2.96. The van der Waals surface area contributed by atoms with Crippen molar-refractivity contribution >= 4 is 5.91 Å². The van der Waals surface area contributed by atoms with Crippen molar-refractivity contribution in [2.24, 2.45) is 0 Å². The molecule has 1 saturated heterocycles. The van der Waals surface area contributed by atoms with Crippen LogP contribution in [0.2, 0.25) is 0 Å². The Morgan fingerprint density at radius 2 is 2.44 bits per heavy atom. The predicted molar refractivity (Wildman–Crippen MR) is 61.5 cm³/mol. The number of hydrogen-bond donors (Lipinski definition) is 2. The maximum atomic E-state index is 11.8. The van der Waals surface area contributed by atoms with E-state index in [0.717, 1.165) is 18.7 Å². The van der Waals surface area contributed by atoms with Gasteiger partial charge in [-0.2, -0.15) is 0 Å². The average molecular weight is 222 g/mol. The quantitative estimate of drug-likeness (QED) is 0.812. The molecule has 16 heavy (non-hydrogen) atoms. The van der Waals surface area contributed by atoms with E-state index in [1.54, 1.807) is 6.07 Å². The summed E-state index contributed by atoms with van der Waals surface area (Å²) in [6.45, 7) is 5.42. The Balaban J connectivity index is 1.90. The minimum atomic E-state index is -0.0388. The van der Waals surface area contributed by atoms with E-state index in [1.807, 2.05) is 13.8 Å². The van der Waals surface area contributed by atoms with Crippen molar-refractivity contribution in [3.63, 3.8) is 0 Å². The van der Waals surface area contributed by atoms with Crippen LogP contribution in [-0.4, -0.2) is 25.0 Å². The molecule has 1 amide bonds. The maximum absolute atomic E-state index is 11.8. The summed E-state index contributed by atoms with van der Waals surface area (Å²) in [5.41, 5.74) is 0.649. The molecule has 0 aromatic carbocycles. The molecule has 0 aliphatic carbocycles. The van der Waals surface area contributed by atoms with E-state index in [-0.39, 0.29) is 5.91 Å². The molecular formula is C12H18N2O2. The second-order valence-electron chi connectivity index (χ2n) is 4.33. The van der Waals surface area contributed by atoms with Crippen LogP contribution >= 0.6 is 0 Å². The first-order valence-electron chi connectivity index (χ1n) is 5.75. The number of aryl methyl sites for hydroxylation is 2. The lowest BCUT2D eigenvalue weighted by atomic mass is 10.2. The number of hydrogen-bond acceptors (Lipinski definition) is 3. The van der Waals surface area contributed by atoms with Crippen molar-refractivity contribution in [3.05, 3.63) is 23.2 Å². The van der Waals surface area contributed by atoms with Crippen molar-refractivity contribution in [2.75, 3.05) is 13.1 Å². The zero-order valence-corrected chi connectivity index (χ0v) is 9.80. The van der Waals surface area contributed by atoms with Gasteiger partial charge in [0.2, 0.25) is 0 Å². The van der Waals surface area contributed by atoms with Crippen LogP contribution in [-0.2, 0) is 0 Å². The molecule has 4 heteroatoms. The van der Waals surface area contributed by atoms with E-state index < -0.39 is 0 Å². The van der Waals surface area contributed by atoms with Gasteiger partial charge in [-0.15, -0.1) is 0 Å². The van der Waals surface area contributed by atoms with Crippen LogP contribution in [0.4, 0.5) is 0 Å². The fraction of sp³-hybridized carbons (Fsp3) is 0.583. The monoisotopic (exact) mass is 222 g/mol. The van der Waals surface area contributed by atoms with Crippen LogP contribution in [0.3, 0.4) is 0 Å². The van der Waals surface area contributed by atoms with Gasteiger partial charge in [0.05, 0.1) is 5.56 Å². The molecule has 0 saturated carbocycles. The molecule has 2 N–H and O–H groups in total. The van der Waals surface area contributed by atoms with Crippen LogP contribution in [0.1, 0.15) is 34.7 Å². The van der Waals surface area contributed by atoms with Crippen LogP contribution in [0, 0.1) is 13.8 Å². The third-order valence-corrected chi connectivity index (χ3v) is 2.96. The normalized spacial score (nSPS) is 20.0. The van der Waals surface area contributed by atoms with E-state index in [4.69, 9.17) is 4.42 Å². The number of amides is 1. The molecule has 4 nitrogen and oxygen atoms in total. The van der Waals surface area contributed by atoms with Gasteiger partial charge in [-0.25, -0.2) is 0 Å². The largest absolute Gasteiger partial charge is 0.466 e. The predicted octanol–water partition coefficient (Wildman–Crippen LogP) is 1.38. The maximum Gasteiger partial charge on any atom is 0.254 e. The summed E-state index contributed by atoms with van der Waals surface area (Å²) in [6.07, 6.45) is 2.34. The first-order valence-corrected chi connectivity index (χ1v) is 5.75. The smallest absolute Gasteiger partial charge is 0.254 e. The van der Waals surface area contributed by atoms with Gasteiger partial charge in [0.1, 0.15) is 11.5 Å². The molecule has 1 unspecified atom stereocenters. The molecule has 1 aliphatic rings. The minimum Gasteiger partial charge on any atom is -0.466 e.